The molecule has 1 amide bonds. The molecule has 6 nitrogen and oxygen atoms in total. The van der Waals surface area contributed by atoms with E-state index >= 15 is 0 Å². The average Bonchev–Trinajstić information content (AvgIpc) is 3.08. The number of hydrazone groups is 1. The normalized spacial score (nSPS) is 22.4. The number of nitrogens with two attached hydrogens (primary N) is 1. The Hall–Kier alpha value is -3.07. The first-order valence-corrected chi connectivity index (χ1v) is 9.45. The van der Waals surface area contributed by atoms with E-state index < -0.39 is 35.0 Å². The average molecular weight is 419 g/mol. The molecule has 2 atom stereocenters. The SMILES string of the molecule is CC(=O)N1N=C(c2cc(F)ccc2F)OC12c1cc(F)cc(C)c1OCC2CCN. The molecule has 2 unspecified atom stereocenters. The Labute approximate surface area is 171 Å². The highest BCUT2D eigenvalue weighted by Gasteiger charge is 2.58. The van der Waals surface area contributed by atoms with Crippen molar-refractivity contribution < 1.29 is 27.4 Å². The van der Waals surface area contributed by atoms with Crippen molar-refractivity contribution in [2.45, 2.75) is 26.0 Å². The summed E-state index contributed by atoms with van der Waals surface area (Å²) in [4.78, 5) is 12.6. The van der Waals surface area contributed by atoms with E-state index in [9.17, 15) is 18.0 Å². The number of carbonyl (C=O) groups excluding carboxylic acids is 1. The Morgan fingerprint density at radius 3 is 2.73 bits per heavy atom. The number of amides is 1. The highest BCUT2D eigenvalue weighted by molar-refractivity contribution is 5.97. The first-order valence-electron chi connectivity index (χ1n) is 9.45. The second kappa shape index (κ2) is 7.32. The Kier molecular flexibility index (Phi) is 4.93. The summed E-state index contributed by atoms with van der Waals surface area (Å²) in [5.74, 6) is -2.99. The van der Waals surface area contributed by atoms with Crippen molar-refractivity contribution in [1.29, 1.82) is 0 Å². The number of aryl methyl sites for hydroxylation is 1. The van der Waals surface area contributed by atoms with Crippen LogP contribution in [0.1, 0.15) is 30.0 Å². The molecule has 30 heavy (non-hydrogen) atoms. The summed E-state index contributed by atoms with van der Waals surface area (Å²) in [6.07, 6.45) is 0.354. The lowest BCUT2D eigenvalue weighted by molar-refractivity contribution is -0.168. The molecule has 2 aliphatic rings. The van der Waals surface area contributed by atoms with E-state index in [1.165, 1.54) is 19.1 Å². The van der Waals surface area contributed by atoms with Gasteiger partial charge in [0.25, 0.3) is 0 Å². The standard InChI is InChI=1S/C21H20F3N3O3/c1-11-7-15(23)9-17-19(11)29-10-13(5-6-25)21(17)27(12(2)28)26-20(30-21)16-8-14(22)3-4-18(16)24/h3-4,7-9,13H,5-6,10,25H2,1-2H3. The largest absolute Gasteiger partial charge is 0.492 e. The highest BCUT2D eigenvalue weighted by atomic mass is 19.1. The van der Waals surface area contributed by atoms with Gasteiger partial charge in [0.1, 0.15) is 23.2 Å². The van der Waals surface area contributed by atoms with E-state index in [4.69, 9.17) is 15.2 Å². The van der Waals surface area contributed by atoms with Crippen molar-refractivity contribution in [3.63, 3.8) is 0 Å². The lowest BCUT2D eigenvalue weighted by atomic mass is 9.82. The Morgan fingerprint density at radius 1 is 1.27 bits per heavy atom. The van der Waals surface area contributed by atoms with Crippen molar-refractivity contribution in [3.8, 4) is 5.75 Å². The lowest BCUT2D eigenvalue weighted by Crippen LogP contribution is -2.54. The van der Waals surface area contributed by atoms with Gasteiger partial charge in [0.2, 0.25) is 17.5 Å². The van der Waals surface area contributed by atoms with Gasteiger partial charge in [-0.15, -0.1) is 5.10 Å². The molecular formula is C21H20F3N3O3. The Bertz CT molecular complexity index is 1060. The van der Waals surface area contributed by atoms with Crippen molar-refractivity contribution in [3.05, 3.63) is 64.5 Å². The summed E-state index contributed by atoms with van der Waals surface area (Å²) in [6, 6.07) is 5.35. The molecule has 0 fully saturated rings. The number of carbonyl (C=O) groups is 1. The van der Waals surface area contributed by atoms with Gasteiger partial charge in [0, 0.05) is 6.92 Å². The number of rotatable bonds is 3. The van der Waals surface area contributed by atoms with Gasteiger partial charge in [-0.1, -0.05) is 0 Å². The molecule has 2 aromatic rings. The molecule has 1 spiro atoms. The summed E-state index contributed by atoms with van der Waals surface area (Å²) in [7, 11) is 0. The molecule has 2 N–H and O–H groups in total. The fourth-order valence-corrected chi connectivity index (χ4v) is 4.06. The maximum Gasteiger partial charge on any atom is 0.244 e. The van der Waals surface area contributed by atoms with Crippen LogP contribution in [0.4, 0.5) is 13.2 Å². The van der Waals surface area contributed by atoms with Crippen LogP contribution in [0.2, 0.25) is 0 Å². The minimum atomic E-state index is -1.60. The quantitative estimate of drug-likeness (QED) is 0.829. The van der Waals surface area contributed by atoms with Gasteiger partial charge in [-0.05, 0) is 55.8 Å². The van der Waals surface area contributed by atoms with E-state index in [0.717, 1.165) is 23.2 Å². The molecular weight excluding hydrogens is 399 g/mol. The molecule has 4 rings (SSSR count). The summed E-state index contributed by atoms with van der Waals surface area (Å²) >= 11 is 0. The number of nitrogens with zero attached hydrogens (tertiary/aromatic N) is 2. The van der Waals surface area contributed by atoms with Crippen LogP contribution in [-0.2, 0) is 15.3 Å². The minimum Gasteiger partial charge on any atom is -0.492 e. The Balaban J connectivity index is 1.94. The van der Waals surface area contributed by atoms with E-state index in [2.05, 4.69) is 5.10 Å². The van der Waals surface area contributed by atoms with Crippen LogP contribution in [0.25, 0.3) is 0 Å². The predicted molar refractivity (Wildman–Crippen MR) is 102 cm³/mol. The zero-order valence-corrected chi connectivity index (χ0v) is 16.4. The second-order valence-corrected chi connectivity index (χ2v) is 7.34. The zero-order chi connectivity index (χ0) is 21.6. The van der Waals surface area contributed by atoms with Crippen LogP contribution in [0.15, 0.2) is 35.4 Å². The molecule has 0 saturated heterocycles. The Morgan fingerprint density at radius 2 is 2.03 bits per heavy atom. The topological polar surface area (TPSA) is 77.2 Å². The minimum absolute atomic E-state index is 0.120. The predicted octanol–water partition coefficient (Wildman–Crippen LogP) is 3.16. The molecule has 9 heteroatoms. The molecule has 158 valence electrons. The molecule has 0 saturated carbocycles. The molecule has 0 aliphatic carbocycles. The number of hydrogen-bond acceptors (Lipinski definition) is 5. The third-order valence-corrected chi connectivity index (χ3v) is 5.34. The molecule has 0 radical (unpaired) electrons. The lowest BCUT2D eigenvalue weighted by Gasteiger charge is -2.44. The highest BCUT2D eigenvalue weighted by Crippen LogP contribution is 2.51. The zero-order valence-electron chi connectivity index (χ0n) is 16.4. The number of halogens is 3. The van der Waals surface area contributed by atoms with Crippen LogP contribution < -0.4 is 10.5 Å². The first-order chi connectivity index (χ1) is 14.3. The van der Waals surface area contributed by atoms with Crippen LogP contribution in [0.3, 0.4) is 0 Å². The summed E-state index contributed by atoms with van der Waals surface area (Å²) in [5, 5.41) is 5.23. The van der Waals surface area contributed by atoms with E-state index in [-0.39, 0.29) is 30.2 Å². The van der Waals surface area contributed by atoms with Gasteiger partial charge in [0.15, 0.2) is 0 Å². The van der Waals surface area contributed by atoms with Crippen LogP contribution in [0, 0.1) is 30.3 Å². The van der Waals surface area contributed by atoms with Crippen molar-refractivity contribution in [2.75, 3.05) is 13.2 Å². The van der Waals surface area contributed by atoms with Crippen molar-refractivity contribution >= 4 is 11.8 Å². The van der Waals surface area contributed by atoms with Gasteiger partial charge < -0.3 is 15.2 Å². The maximum atomic E-state index is 14.4. The fourth-order valence-electron chi connectivity index (χ4n) is 4.06. The van der Waals surface area contributed by atoms with Gasteiger partial charge in [-0.25, -0.2) is 13.2 Å². The van der Waals surface area contributed by atoms with E-state index in [1.54, 1.807) is 6.92 Å². The van der Waals surface area contributed by atoms with Gasteiger partial charge in [-0.2, -0.15) is 5.01 Å². The van der Waals surface area contributed by atoms with Gasteiger partial charge in [-0.3, -0.25) is 4.79 Å². The number of fused-ring (bicyclic) bond motifs is 2. The van der Waals surface area contributed by atoms with Gasteiger partial charge in [0.05, 0.1) is 23.7 Å². The second-order valence-electron chi connectivity index (χ2n) is 7.34. The first kappa shape index (κ1) is 20.2. The third kappa shape index (κ3) is 3.00. The summed E-state index contributed by atoms with van der Waals surface area (Å²) < 4.78 is 54.6. The monoisotopic (exact) mass is 419 g/mol. The molecule has 0 bridgehead atoms. The van der Waals surface area contributed by atoms with Crippen molar-refractivity contribution in [1.82, 2.24) is 5.01 Å². The molecule has 2 aromatic carbocycles. The third-order valence-electron chi connectivity index (χ3n) is 5.34. The fraction of sp³-hybridized carbons (Fsp3) is 0.333. The molecule has 2 heterocycles. The van der Waals surface area contributed by atoms with Gasteiger partial charge >= 0.3 is 0 Å². The summed E-state index contributed by atoms with van der Waals surface area (Å²) in [5.41, 5.74) is 4.68. The number of hydrogen-bond donors (Lipinski definition) is 1. The van der Waals surface area contributed by atoms with Crippen LogP contribution in [-0.4, -0.2) is 30.0 Å². The van der Waals surface area contributed by atoms with Crippen molar-refractivity contribution in [2.24, 2.45) is 16.8 Å². The number of benzene rings is 2. The van der Waals surface area contributed by atoms with Crippen LogP contribution >= 0.6 is 0 Å². The smallest absolute Gasteiger partial charge is 0.244 e. The summed E-state index contributed by atoms with van der Waals surface area (Å²) in [6.45, 7) is 3.28. The van der Waals surface area contributed by atoms with Crippen LogP contribution in [0.5, 0.6) is 5.75 Å². The van der Waals surface area contributed by atoms with E-state index in [1.807, 2.05) is 0 Å². The molecule has 2 aliphatic heterocycles. The number of ether oxygens (including phenoxy) is 2. The van der Waals surface area contributed by atoms with E-state index in [0.29, 0.717) is 17.7 Å². The molecule has 0 aromatic heterocycles. The maximum absolute atomic E-state index is 14.4.